The van der Waals surface area contributed by atoms with E-state index < -0.39 is 8.25 Å². The van der Waals surface area contributed by atoms with E-state index in [0.29, 0.717) is 0 Å². The van der Waals surface area contributed by atoms with E-state index in [4.69, 9.17) is 64.6 Å². The molecular formula is C3Cl5N. The van der Waals surface area contributed by atoms with Gasteiger partial charge >= 0.3 is 4.46 Å². The minimum atomic E-state index is -1.99. The molecule has 9 heavy (non-hydrogen) atoms. The zero-order valence-electron chi connectivity index (χ0n) is 3.84. The Labute approximate surface area is 77.6 Å². The Morgan fingerprint density at radius 1 is 1.00 bits per heavy atom. The lowest BCUT2D eigenvalue weighted by atomic mass is 10.7. The lowest BCUT2D eigenvalue weighted by Crippen LogP contribution is -2.26. The van der Waals surface area contributed by atoms with Crippen LogP contribution < -0.4 is 0 Å². The van der Waals surface area contributed by atoms with Crippen molar-refractivity contribution >= 4 is 58.0 Å². The Bertz CT molecular complexity index is 139. The van der Waals surface area contributed by atoms with Gasteiger partial charge in [-0.25, -0.2) is 6.57 Å². The van der Waals surface area contributed by atoms with Crippen molar-refractivity contribution in [3.8, 4) is 0 Å². The van der Waals surface area contributed by atoms with Crippen molar-refractivity contribution in [3.63, 3.8) is 0 Å². The molecule has 0 bridgehead atoms. The molecule has 0 N–H and O–H groups in total. The molecule has 0 saturated heterocycles. The number of halogens is 5. The fourth-order valence-electron chi connectivity index (χ4n) is 0.0634. The van der Waals surface area contributed by atoms with Crippen molar-refractivity contribution in [2.75, 3.05) is 0 Å². The topological polar surface area (TPSA) is 4.36 Å². The molecule has 0 radical (unpaired) electrons. The minimum Gasteiger partial charge on any atom is -0.271 e. The molecule has 0 saturated carbocycles. The zero-order chi connectivity index (χ0) is 7.71. The normalized spacial score (nSPS) is 12.9. The summed E-state index contributed by atoms with van der Waals surface area (Å²) < 4.78 is -3.95. The van der Waals surface area contributed by atoms with Gasteiger partial charge in [0.15, 0.2) is 0 Å². The molecule has 0 unspecified atom stereocenters. The van der Waals surface area contributed by atoms with E-state index in [1.165, 1.54) is 0 Å². The van der Waals surface area contributed by atoms with Crippen LogP contribution in [-0.4, -0.2) is 8.25 Å². The third kappa shape index (κ3) is 2.57. The Balaban J connectivity index is 4.39. The monoisotopic (exact) mass is 225 g/mol. The quantitative estimate of drug-likeness (QED) is 0.339. The highest BCUT2D eigenvalue weighted by atomic mass is 35.6. The van der Waals surface area contributed by atoms with Crippen molar-refractivity contribution in [2.45, 2.75) is 8.25 Å². The number of nitrogens with zero attached hydrogens (tertiary/aromatic N) is 1. The lowest BCUT2D eigenvalue weighted by molar-refractivity contribution is 0.986. The van der Waals surface area contributed by atoms with Crippen LogP contribution in [-0.2, 0) is 0 Å². The Hall–Kier alpha value is 0.940. The Morgan fingerprint density at radius 3 is 1.33 bits per heavy atom. The highest BCUT2D eigenvalue weighted by Gasteiger charge is 2.53. The van der Waals surface area contributed by atoms with Crippen LogP contribution in [0.5, 0.6) is 0 Å². The fraction of sp³-hybridized carbons (Fsp3) is 0.667. The number of hydrogen-bond donors (Lipinski definition) is 0. The lowest BCUT2D eigenvalue weighted by Gasteiger charge is -2.13. The van der Waals surface area contributed by atoms with Crippen molar-refractivity contribution in [3.05, 3.63) is 11.4 Å². The van der Waals surface area contributed by atoms with Gasteiger partial charge in [-0.05, 0) is 23.2 Å². The highest BCUT2D eigenvalue weighted by Crippen LogP contribution is 2.46. The molecule has 0 aliphatic rings. The van der Waals surface area contributed by atoms with E-state index in [1.807, 2.05) is 0 Å². The summed E-state index contributed by atoms with van der Waals surface area (Å²) >= 11 is 26.0. The second kappa shape index (κ2) is 2.90. The predicted molar refractivity (Wildman–Crippen MR) is 41.3 cm³/mol. The second-order valence-corrected chi connectivity index (χ2v) is 4.72. The van der Waals surface area contributed by atoms with Crippen LogP contribution in [0.4, 0.5) is 0 Å². The van der Waals surface area contributed by atoms with Crippen LogP contribution in [0.25, 0.3) is 4.85 Å². The second-order valence-electron chi connectivity index (χ2n) is 1.15. The van der Waals surface area contributed by atoms with E-state index in [1.54, 1.807) is 0 Å². The van der Waals surface area contributed by atoms with Crippen LogP contribution in [0, 0.1) is 6.57 Å². The molecule has 1 nitrogen and oxygen atoms in total. The summed E-state index contributed by atoms with van der Waals surface area (Å²) in [4.78, 5) is 2.68. The third-order valence-corrected chi connectivity index (χ3v) is 2.62. The number of hydrogen-bond acceptors (Lipinski definition) is 0. The summed E-state index contributed by atoms with van der Waals surface area (Å²) in [7, 11) is 0. The molecule has 0 heterocycles. The molecule has 0 rings (SSSR count). The van der Waals surface area contributed by atoms with Crippen molar-refractivity contribution in [1.29, 1.82) is 0 Å². The Kier molecular flexibility index (Phi) is 3.20. The van der Waals surface area contributed by atoms with Gasteiger partial charge in [-0.15, -0.1) is 0 Å². The maximum absolute atomic E-state index is 6.37. The summed E-state index contributed by atoms with van der Waals surface area (Å²) in [5.74, 6) is 0. The molecule has 0 aromatic rings. The van der Waals surface area contributed by atoms with Crippen LogP contribution in [0.3, 0.4) is 0 Å². The fourth-order valence-corrected chi connectivity index (χ4v) is 0.190. The number of rotatable bonds is 0. The van der Waals surface area contributed by atoms with Crippen LogP contribution in [0.1, 0.15) is 0 Å². The highest BCUT2D eigenvalue weighted by molar-refractivity contribution is 6.75. The van der Waals surface area contributed by atoms with Gasteiger partial charge in [-0.2, -0.15) is 0 Å². The largest absolute Gasteiger partial charge is 0.428 e. The first-order valence-corrected chi connectivity index (χ1v) is 3.53. The van der Waals surface area contributed by atoms with Crippen LogP contribution in [0.15, 0.2) is 0 Å². The van der Waals surface area contributed by atoms with Crippen molar-refractivity contribution in [1.82, 2.24) is 0 Å². The average molecular weight is 227 g/mol. The van der Waals surface area contributed by atoms with Gasteiger partial charge < -0.3 is 0 Å². The molecule has 0 aromatic carbocycles. The molecule has 6 heteroatoms. The zero-order valence-corrected chi connectivity index (χ0v) is 7.62. The van der Waals surface area contributed by atoms with Gasteiger partial charge in [0, 0.05) is 0 Å². The van der Waals surface area contributed by atoms with Gasteiger partial charge in [0.2, 0.25) is 0 Å². The maximum Gasteiger partial charge on any atom is 0.428 e. The summed E-state index contributed by atoms with van der Waals surface area (Å²) in [6.07, 6.45) is 0. The molecule has 0 amide bonds. The standard InChI is InChI=1S/C3Cl5N/c1-9-3(7,8)2(4,5)6. The van der Waals surface area contributed by atoms with E-state index in [9.17, 15) is 0 Å². The SMILES string of the molecule is [C-]#[N+]C(Cl)(Cl)C(Cl)(Cl)Cl. The average Bonchev–Trinajstić information content (AvgIpc) is 1.64. The smallest absolute Gasteiger partial charge is 0.271 e. The Morgan fingerprint density at radius 2 is 1.33 bits per heavy atom. The molecule has 0 aliphatic carbocycles. The summed E-state index contributed by atoms with van der Waals surface area (Å²) in [6.45, 7) is 6.37. The first kappa shape index (κ1) is 9.94. The van der Waals surface area contributed by atoms with Gasteiger partial charge in [0.25, 0.3) is 3.79 Å². The van der Waals surface area contributed by atoms with E-state index in [-0.39, 0.29) is 0 Å². The number of alkyl halides is 5. The first-order chi connectivity index (χ1) is 3.81. The molecule has 0 spiro atoms. The van der Waals surface area contributed by atoms with Crippen molar-refractivity contribution in [2.24, 2.45) is 0 Å². The van der Waals surface area contributed by atoms with E-state index >= 15 is 0 Å². The van der Waals surface area contributed by atoms with Gasteiger partial charge in [-0.3, -0.25) is 4.85 Å². The van der Waals surface area contributed by atoms with E-state index in [0.717, 1.165) is 0 Å². The van der Waals surface area contributed by atoms with Gasteiger partial charge in [0.05, 0.1) is 0 Å². The molecular weight excluding hydrogens is 227 g/mol. The van der Waals surface area contributed by atoms with Gasteiger partial charge in [0.1, 0.15) is 0 Å². The van der Waals surface area contributed by atoms with E-state index in [2.05, 4.69) is 4.85 Å². The van der Waals surface area contributed by atoms with Crippen LogP contribution >= 0.6 is 58.0 Å². The summed E-state index contributed by atoms with van der Waals surface area (Å²) in [5.41, 5.74) is 0. The summed E-state index contributed by atoms with van der Waals surface area (Å²) in [5, 5.41) is 0. The molecule has 52 valence electrons. The first-order valence-electron chi connectivity index (χ1n) is 1.64. The maximum atomic E-state index is 6.37. The predicted octanol–water partition coefficient (Wildman–Crippen LogP) is 3.41. The van der Waals surface area contributed by atoms with Crippen LogP contribution in [0.2, 0.25) is 0 Å². The molecule has 0 aromatic heterocycles. The van der Waals surface area contributed by atoms with Gasteiger partial charge in [-0.1, -0.05) is 34.8 Å². The molecule has 0 atom stereocenters. The third-order valence-electron chi connectivity index (χ3n) is 0.481. The van der Waals surface area contributed by atoms with Crippen molar-refractivity contribution < 1.29 is 0 Å². The minimum absolute atomic E-state index is 1.96. The molecule has 0 fully saturated rings. The summed E-state index contributed by atoms with van der Waals surface area (Å²) in [6, 6.07) is 0. The molecule has 0 aliphatic heterocycles.